The Morgan fingerprint density at radius 1 is 1.38 bits per heavy atom. The van der Waals surface area contributed by atoms with Crippen LogP contribution >= 0.6 is 11.3 Å². The molecule has 1 atom stereocenters. The molecule has 2 rings (SSSR count). The summed E-state index contributed by atoms with van der Waals surface area (Å²) >= 11 is 1.60. The number of ether oxygens (including phenoxy) is 1. The number of rotatable bonds is 7. The first-order valence-corrected chi connectivity index (χ1v) is 9.28. The molecular weight excluding hydrogens is 320 g/mol. The zero-order valence-corrected chi connectivity index (χ0v) is 15.7. The topological polar surface area (TPSA) is 43.6 Å². The Bertz CT molecular complexity index is 746. The van der Waals surface area contributed by atoms with Gasteiger partial charge in [0, 0.05) is 18.1 Å². The van der Waals surface area contributed by atoms with E-state index < -0.39 is 0 Å². The van der Waals surface area contributed by atoms with Gasteiger partial charge in [0.1, 0.15) is 0 Å². The third-order valence-electron chi connectivity index (χ3n) is 4.00. The van der Waals surface area contributed by atoms with E-state index >= 15 is 0 Å². The zero-order chi connectivity index (χ0) is 17.5. The van der Waals surface area contributed by atoms with Crippen LogP contribution in [0.25, 0.3) is 0 Å². The predicted octanol–water partition coefficient (Wildman–Crippen LogP) is 4.15. The number of benzene rings is 1. The summed E-state index contributed by atoms with van der Waals surface area (Å²) < 4.78 is 7.46. The third kappa shape index (κ3) is 5.06. The minimum absolute atomic E-state index is 0.188. The average molecular weight is 346 g/mol. The summed E-state index contributed by atoms with van der Waals surface area (Å²) in [4.78, 5) is 17.8. The highest BCUT2D eigenvalue weighted by atomic mass is 32.1. The molecule has 5 heteroatoms. The van der Waals surface area contributed by atoms with Crippen molar-refractivity contribution in [2.75, 3.05) is 6.61 Å². The monoisotopic (exact) mass is 346 g/mol. The lowest BCUT2D eigenvalue weighted by molar-refractivity contribution is -0.144. The first kappa shape index (κ1) is 18.5. The normalized spacial score (nSPS) is 13.1. The maximum Gasteiger partial charge on any atom is 0.310 e. The van der Waals surface area contributed by atoms with Gasteiger partial charge < -0.3 is 9.30 Å². The van der Waals surface area contributed by atoms with E-state index in [-0.39, 0.29) is 12.4 Å². The highest BCUT2D eigenvalue weighted by Gasteiger charge is 2.11. The molecule has 1 unspecified atom stereocenters. The molecule has 130 valence electrons. The number of hydrogen-bond donors (Lipinski definition) is 0. The standard InChI is InChI=1S/C19H26N2O2S/c1-5-8-14(2)12-23-18(22)11-16-9-6-7-10-17(16)20-19-21(4)15(3)13-24-19/h6-7,9-10,13-14H,5,8,11-12H2,1-4H3. The van der Waals surface area contributed by atoms with E-state index in [9.17, 15) is 4.79 Å². The van der Waals surface area contributed by atoms with Gasteiger partial charge in [0.2, 0.25) is 0 Å². The van der Waals surface area contributed by atoms with E-state index in [1.54, 1.807) is 11.3 Å². The molecule has 0 N–H and O–H groups in total. The summed E-state index contributed by atoms with van der Waals surface area (Å²) in [6.45, 7) is 6.79. The fourth-order valence-corrected chi connectivity index (χ4v) is 3.33. The van der Waals surface area contributed by atoms with Crippen LogP contribution in [0.5, 0.6) is 0 Å². The number of carbonyl (C=O) groups excluding carboxylic acids is 1. The van der Waals surface area contributed by atoms with E-state index in [0.29, 0.717) is 12.5 Å². The smallest absolute Gasteiger partial charge is 0.310 e. The number of thiazole rings is 1. The van der Waals surface area contributed by atoms with Crippen LogP contribution in [0.4, 0.5) is 5.69 Å². The largest absolute Gasteiger partial charge is 0.465 e. The van der Waals surface area contributed by atoms with Crippen LogP contribution in [0.3, 0.4) is 0 Å². The molecule has 2 aromatic rings. The van der Waals surface area contributed by atoms with Crippen molar-refractivity contribution in [1.82, 2.24) is 4.57 Å². The Hall–Kier alpha value is -1.88. The molecule has 0 spiro atoms. The molecule has 24 heavy (non-hydrogen) atoms. The van der Waals surface area contributed by atoms with Crippen LogP contribution in [-0.4, -0.2) is 17.1 Å². The van der Waals surface area contributed by atoms with Crippen LogP contribution in [-0.2, 0) is 23.0 Å². The highest BCUT2D eigenvalue weighted by molar-refractivity contribution is 7.07. The van der Waals surface area contributed by atoms with Gasteiger partial charge in [-0.2, -0.15) is 0 Å². The molecule has 0 saturated heterocycles. The van der Waals surface area contributed by atoms with Gasteiger partial charge in [-0.15, -0.1) is 11.3 Å². The van der Waals surface area contributed by atoms with Crippen molar-refractivity contribution in [1.29, 1.82) is 0 Å². The van der Waals surface area contributed by atoms with E-state index in [0.717, 1.165) is 28.9 Å². The van der Waals surface area contributed by atoms with E-state index in [1.165, 1.54) is 5.69 Å². The van der Waals surface area contributed by atoms with Crippen molar-refractivity contribution >= 4 is 23.0 Å². The second-order valence-electron chi connectivity index (χ2n) is 6.21. The van der Waals surface area contributed by atoms with Crippen molar-refractivity contribution in [2.45, 2.75) is 40.0 Å². The average Bonchev–Trinajstić information content (AvgIpc) is 2.87. The van der Waals surface area contributed by atoms with E-state index in [1.807, 2.05) is 35.9 Å². The lowest BCUT2D eigenvalue weighted by Crippen LogP contribution is -2.14. The molecule has 0 radical (unpaired) electrons. The molecule has 4 nitrogen and oxygen atoms in total. The minimum atomic E-state index is -0.188. The molecule has 0 saturated carbocycles. The third-order valence-corrected chi connectivity index (χ3v) is 5.04. The van der Waals surface area contributed by atoms with Gasteiger partial charge in [0.05, 0.1) is 18.7 Å². The molecule has 0 bridgehead atoms. The number of esters is 1. The van der Waals surface area contributed by atoms with E-state index in [4.69, 9.17) is 9.73 Å². The first-order chi connectivity index (χ1) is 11.5. The van der Waals surface area contributed by atoms with Gasteiger partial charge >= 0.3 is 5.97 Å². The summed E-state index contributed by atoms with van der Waals surface area (Å²) in [6.07, 6.45) is 2.44. The minimum Gasteiger partial charge on any atom is -0.465 e. The summed E-state index contributed by atoms with van der Waals surface area (Å²) in [6, 6.07) is 7.76. The van der Waals surface area contributed by atoms with Crippen molar-refractivity contribution < 1.29 is 9.53 Å². The van der Waals surface area contributed by atoms with Gasteiger partial charge in [-0.05, 0) is 30.9 Å². The second kappa shape index (κ2) is 8.83. The SMILES string of the molecule is CCCC(C)COC(=O)Cc1ccccc1N=c1scc(C)n1C. The van der Waals surface area contributed by atoms with Gasteiger partial charge in [0.15, 0.2) is 4.80 Å². The Labute approximate surface area is 147 Å². The van der Waals surface area contributed by atoms with Gasteiger partial charge in [-0.25, -0.2) is 4.99 Å². The Balaban J connectivity index is 2.11. The summed E-state index contributed by atoms with van der Waals surface area (Å²) in [5, 5.41) is 2.07. The summed E-state index contributed by atoms with van der Waals surface area (Å²) in [7, 11) is 2.00. The van der Waals surface area contributed by atoms with Crippen molar-refractivity contribution in [3.05, 3.63) is 45.7 Å². The first-order valence-electron chi connectivity index (χ1n) is 8.40. The summed E-state index contributed by atoms with van der Waals surface area (Å²) in [5.41, 5.74) is 2.89. The number of aromatic nitrogens is 1. The van der Waals surface area contributed by atoms with Crippen LogP contribution in [0, 0.1) is 12.8 Å². The molecule has 0 aliphatic heterocycles. The van der Waals surface area contributed by atoms with Crippen LogP contribution in [0.2, 0.25) is 0 Å². The number of aryl methyl sites for hydroxylation is 1. The molecular formula is C19H26N2O2S. The maximum atomic E-state index is 12.1. The van der Waals surface area contributed by atoms with Gasteiger partial charge in [-0.1, -0.05) is 38.5 Å². The molecule has 0 amide bonds. The fourth-order valence-electron chi connectivity index (χ4n) is 2.44. The van der Waals surface area contributed by atoms with Crippen molar-refractivity contribution in [3.63, 3.8) is 0 Å². The number of hydrogen-bond acceptors (Lipinski definition) is 4. The second-order valence-corrected chi connectivity index (χ2v) is 7.05. The van der Waals surface area contributed by atoms with Crippen LogP contribution < -0.4 is 4.80 Å². The quantitative estimate of drug-likeness (QED) is 0.707. The van der Waals surface area contributed by atoms with Crippen molar-refractivity contribution in [3.8, 4) is 0 Å². The maximum absolute atomic E-state index is 12.1. The molecule has 1 heterocycles. The van der Waals surface area contributed by atoms with Gasteiger partial charge in [-0.3, -0.25) is 4.79 Å². The highest BCUT2D eigenvalue weighted by Crippen LogP contribution is 2.19. The molecule has 0 aliphatic rings. The number of carbonyl (C=O) groups is 1. The fraction of sp³-hybridized carbons (Fsp3) is 0.474. The molecule has 1 aromatic heterocycles. The lowest BCUT2D eigenvalue weighted by atomic mass is 10.1. The number of nitrogens with zero attached hydrogens (tertiary/aromatic N) is 2. The predicted molar refractivity (Wildman–Crippen MR) is 98.4 cm³/mol. The molecule has 0 aliphatic carbocycles. The Morgan fingerprint density at radius 3 is 2.79 bits per heavy atom. The van der Waals surface area contributed by atoms with E-state index in [2.05, 4.69) is 26.2 Å². The van der Waals surface area contributed by atoms with Crippen molar-refractivity contribution in [2.24, 2.45) is 18.0 Å². The van der Waals surface area contributed by atoms with Gasteiger partial charge in [0.25, 0.3) is 0 Å². The Morgan fingerprint density at radius 2 is 2.12 bits per heavy atom. The Kier molecular flexibility index (Phi) is 6.79. The summed E-state index contributed by atoms with van der Waals surface area (Å²) in [5.74, 6) is 0.222. The van der Waals surface area contributed by atoms with Crippen LogP contribution in [0.15, 0.2) is 34.6 Å². The molecule has 0 fully saturated rings. The zero-order valence-electron chi connectivity index (χ0n) is 14.9. The number of para-hydroxylation sites is 1. The molecule has 1 aromatic carbocycles. The lowest BCUT2D eigenvalue weighted by Gasteiger charge is -2.11. The van der Waals surface area contributed by atoms with Crippen LogP contribution in [0.1, 0.15) is 37.9 Å².